The fourth-order valence-corrected chi connectivity index (χ4v) is 3.18. The van der Waals surface area contributed by atoms with Crippen LogP contribution >= 0.6 is 11.6 Å². The average molecular weight is 363 g/mol. The van der Waals surface area contributed by atoms with Gasteiger partial charge in [-0.15, -0.1) is 0 Å². The van der Waals surface area contributed by atoms with Gasteiger partial charge in [0.1, 0.15) is 0 Å². The highest BCUT2D eigenvalue weighted by atomic mass is 35.5. The minimum absolute atomic E-state index is 0.177. The minimum atomic E-state index is -0.230. The van der Waals surface area contributed by atoms with Crippen molar-refractivity contribution < 1.29 is 4.79 Å². The maximum atomic E-state index is 13.0. The fraction of sp³-hybridized carbons (Fsp3) is 0.100. The van der Waals surface area contributed by atoms with E-state index in [9.17, 15) is 4.79 Å². The Morgan fingerprint density at radius 3 is 2.62 bits per heavy atom. The van der Waals surface area contributed by atoms with E-state index in [0.29, 0.717) is 17.0 Å². The molecule has 0 aliphatic carbocycles. The summed E-state index contributed by atoms with van der Waals surface area (Å²) in [6.07, 6.45) is 5.50. The predicted octanol–water partition coefficient (Wildman–Crippen LogP) is 4.12. The molecule has 2 aromatic heterocycles. The summed E-state index contributed by atoms with van der Waals surface area (Å²) in [7, 11) is 0. The van der Waals surface area contributed by atoms with Crippen LogP contribution < -0.4 is 0 Å². The molecule has 0 bridgehead atoms. The summed E-state index contributed by atoms with van der Waals surface area (Å²) in [5.41, 5.74) is 3.02. The van der Waals surface area contributed by atoms with Gasteiger partial charge in [-0.05, 0) is 42.0 Å². The van der Waals surface area contributed by atoms with Crippen LogP contribution in [0.2, 0.25) is 5.02 Å². The molecule has 6 heteroatoms. The maximum Gasteiger partial charge on any atom is 0.274 e. The Kier molecular flexibility index (Phi) is 4.46. The minimum Gasteiger partial charge on any atom is -0.267 e. The number of pyridine rings is 2. The number of benzene rings is 1. The van der Waals surface area contributed by atoms with Gasteiger partial charge in [-0.25, -0.2) is 5.01 Å². The topological polar surface area (TPSA) is 58.5 Å². The molecule has 0 radical (unpaired) electrons. The molecular weight excluding hydrogens is 348 g/mol. The van der Waals surface area contributed by atoms with Gasteiger partial charge in [0.2, 0.25) is 0 Å². The van der Waals surface area contributed by atoms with E-state index < -0.39 is 0 Å². The van der Waals surface area contributed by atoms with Gasteiger partial charge in [0.15, 0.2) is 0 Å². The molecule has 26 heavy (non-hydrogen) atoms. The van der Waals surface area contributed by atoms with Crippen LogP contribution in [-0.4, -0.2) is 26.6 Å². The molecular formula is C20H15ClN4O. The molecule has 0 N–H and O–H groups in total. The van der Waals surface area contributed by atoms with Crippen LogP contribution in [0.5, 0.6) is 0 Å². The predicted molar refractivity (Wildman–Crippen MR) is 100.0 cm³/mol. The summed E-state index contributed by atoms with van der Waals surface area (Å²) in [5.74, 6) is -0.177. The highest BCUT2D eigenvalue weighted by Gasteiger charge is 2.34. The second-order valence-electron chi connectivity index (χ2n) is 5.92. The first-order chi connectivity index (χ1) is 12.7. The number of aromatic nitrogens is 2. The number of nitrogens with zero attached hydrogens (tertiary/aromatic N) is 4. The summed E-state index contributed by atoms with van der Waals surface area (Å²) in [5, 5.41) is 6.75. The first-order valence-electron chi connectivity index (χ1n) is 8.20. The normalized spacial score (nSPS) is 16.4. The number of hydrogen-bond acceptors (Lipinski definition) is 4. The lowest BCUT2D eigenvalue weighted by atomic mass is 10.00. The third-order valence-corrected chi connectivity index (χ3v) is 4.47. The van der Waals surface area contributed by atoms with Crippen LogP contribution in [0.15, 0.2) is 78.3 Å². The van der Waals surface area contributed by atoms with Crippen molar-refractivity contribution in [2.75, 3.05) is 0 Å². The molecule has 3 aromatic rings. The van der Waals surface area contributed by atoms with Crippen molar-refractivity contribution in [3.63, 3.8) is 0 Å². The van der Waals surface area contributed by atoms with Crippen molar-refractivity contribution in [3.8, 4) is 0 Å². The van der Waals surface area contributed by atoms with E-state index in [0.717, 1.165) is 17.0 Å². The average Bonchev–Trinajstić information content (AvgIpc) is 3.14. The van der Waals surface area contributed by atoms with E-state index in [1.165, 1.54) is 5.01 Å². The van der Waals surface area contributed by atoms with Gasteiger partial charge in [0.05, 0.1) is 17.4 Å². The van der Waals surface area contributed by atoms with Gasteiger partial charge in [-0.3, -0.25) is 14.8 Å². The fourth-order valence-electron chi connectivity index (χ4n) is 2.99. The van der Waals surface area contributed by atoms with Crippen molar-refractivity contribution in [1.29, 1.82) is 0 Å². The first kappa shape index (κ1) is 16.4. The quantitative estimate of drug-likeness (QED) is 0.704. The van der Waals surface area contributed by atoms with Crippen molar-refractivity contribution in [3.05, 3.63) is 95.0 Å². The monoisotopic (exact) mass is 362 g/mol. The zero-order chi connectivity index (χ0) is 17.9. The maximum absolute atomic E-state index is 13.0. The lowest BCUT2D eigenvalue weighted by molar-refractivity contribution is 0.0711. The second kappa shape index (κ2) is 7.06. The largest absolute Gasteiger partial charge is 0.274 e. The smallest absolute Gasteiger partial charge is 0.267 e. The Labute approximate surface area is 156 Å². The lowest BCUT2D eigenvalue weighted by Gasteiger charge is -2.22. The van der Waals surface area contributed by atoms with Crippen LogP contribution in [0.4, 0.5) is 0 Å². The van der Waals surface area contributed by atoms with E-state index in [2.05, 4.69) is 15.1 Å². The van der Waals surface area contributed by atoms with Gasteiger partial charge in [0.25, 0.3) is 5.91 Å². The van der Waals surface area contributed by atoms with Crippen molar-refractivity contribution >= 4 is 23.2 Å². The Balaban J connectivity index is 1.74. The van der Waals surface area contributed by atoms with Crippen molar-refractivity contribution in [2.24, 2.45) is 5.10 Å². The molecule has 4 rings (SSSR count). The molecule has 0 saturated carbocycles. The number of hydrogen-bond donors (Lipinski definition) is 0. The summed E-state index contributed by atoms with van der Waals surface area (Å²) in [4.78, 5) is 21.4. The Morgan fingerprint density at radius 2 is 1.88 bits per heavy atom. The molecule has 1 amide bonds. The highest BCUT2D eigenvalue weighted by Crippen LogP contribution is 2.34. The molecule has 0 spiro atoms. The Bertz CT molecular complexity index is 960. The molecule has 1 aliphatic heterocycles. The molecule has 128 valence electrons. The van der Waals surface area contributed by atoms with Crippen molar-refractivity contribution in [2.45, 2.75) is 12.5 Å². The number of halogens is 1. The van der Waals surface area contributed by atoms with E-state index in [1.54, 1.807) is 30.7 Å². The Morgan fingerprint density at radius 1 is 1.04 bits per heavy atom. The van der Waals surface area contributed by atoms with Crippen LogP contribution in [-0.2, 0) is 0 Å². The van der Waals surface area contributed by atoms with E-state index in [1.807, 2.05) is 42.5 Å². The van der Waals surface area contributed by atoms with Crippen LogP contribution in [0.25, 0.3) is 0 Å². The molecule has 0 saturated heterocycles. The first-order valence-corrected chi connectivity index (χ1v) is 8.58. The highest BCUT2D eigenvalue weighted by molar-refractivity contribution is 6.30. The summed E-state index contributed by atoms with van der Waals surface area (Å²) in [6, 6.07) is 16.3. The third-order valence-electron chi connectivity index (χ3n) is 4.24. The van der Waals surface area contributed by atoms with Gasteiger partial charge in [-0.2, -0.15) is 5.10 Å². The number of rotatable bonds is 3. The van der Waals surface area contributed by atoms with E-state index >= 15 is 0 Å². The summed E-state index contributed by atoms with van der Waals surface area (Å²) >= 11 is 6.16. The molecule has 1 aliphatic rings. The zero-order valence-electron chi connectivity index (χ0n) is 13.8. The summed E-state index contributed by atoms with van der Waals surface area (Å²) < 4.78 is 0. The van der Waals surface area contributed by atoms with Gasteiger partial charge in [-0.1, -0.05) is 29.8 Å². The summed E-state index contributed by atoms with van der Waals surface area (Å²) in [6.45, 7) is 0. The standard InChI is InChI=1S/C20H15ClN4O/c21-16-5-3-4-15(12-16)19-13-18(17-6-1-2-9-23-17)24-25(19)20(26)14-7-10-22-11-8-14/h1-12,19H,13H2. The molecule has 0 fully saturated rings. The number of carbonyl (C=O) groups excluding carboxylic acids is 1. The van der Waals surface area contributed by atoms with Crippen LogP contribution in [0, 0.1) is 0 Å². The molecule has 1 unspecified atom stereocenters. The molecule has 5 nitrogen and oxygen atoms in total. The number of amides is 1. The molecule has 1 aromatic carbocycles. The SMILES string of the molecule is O=C(c1ccncc1)N1N=C(c2ccccn2)CC1c1cccc(Cl)c1. The van der Waals surface area contributed by atoms with Gasteiger partial charge < -0.3 is 0 Å². The van der Waals surface area contributed by atoms with Gasteiger partial charge >= 0.3 is 0 Å². The van der Waals surface area contributed by atoms with E-state index in [-0.39, 0.29) is 11.9 Å². The van der Waals surface area contributed by atoms with Crippen LogP contribution in [0.1, 0.15) is 34.1 Å². The third kappa shape index (κ3) is 3.21. The zero-order valence-corrected chi connectivity index (χ0v) is 14.5. The van der Waals surface area contributed by atoms with E-state index in [4.69, 9.17) is 11.6 Å². The lowest BCUT2D eigenvalue weighted by Crippen LogP contribution is -2.27. The number of hydrazone groups is 1. The van der Waals surface area contributed by atoms with Crippen LogP contribution in [0.3, 0.4) is 0 Å². The molecule has 1 atom stereocenters. The molecule has 3 heterocycles. The second-order valence-corrected chi connectivity index (χ2v) is 6.36. The van der Waals surface area contributed by atoms with Crippen molar-refractivity contribution in [1.82, 2.24) is 15.0 Å². The van der Waals surface area contributed by atoms with Gasteiger partial charge in [0, 0.05) is 35.6 Å². The number of carbonyl (C=O) groups is 1. The Hall–Kier alpha value is -3.05.